The van der Waals surface area contributed by atoms with Gasteiger partial charge in [-0.2, -0.15) is 0 Å². The second-order valence-corrected chi connectivity index (χ2v) is 17.3. The van der Waals surface area contributed by atoms with Crippen LogP contribution in [0.15, 0.2) is 60.9 Å². The summed E-state index contributed by atoms with van der Waals surface area (Å²) in [5.41, 5.74) is 3.48. The van der Waals surface area contributed by atoms with Gasteiger partial charge in [-0.05, 0) is 112 Å². The predicted molar refractivity (Wildman–Crippen MR) is 191 cm³/mol. The highest BCUT2D eigenvalue weighted by atomic mass is 35.5. The van der Waals surface area contributed by atoms with Gasteiger partial charge in [0.2, 0.25) is 10.0 Å². The fraction of sp³-hybridized carbons (Fsp3) is 0.500. The first-order chi connectivity index (χ1) is 23.4. The van der Waals surface area contributed by atoms with Crippen LogP contribution in [0.25, 0.3) is 0 Å². The number of carbonyl (C=O) groups excluding carboxylic acids is 1. The molecule has 49 heavy (non-hydrogen) atoms. The van der Waals surface area contributed by atoms with Crippen molar-refractivity contribution in [1.82, 2.24) is 14.7 Å². The van der Waals surface area contributed by atoms with Gasteiger partial charge in [-0.3, -0.25) is 14.8 Å². The van der Waals surface area contributed by atoms with Crippen molar-refractivity contribution in [3.63, 3.8) is 0 Å². The first-order valence-corrected chi connectivity index (χ1v) is 19.3. The Hall–Kier alpha value is -3.47. The van der Waals surface area contributed by atoms with E-state index >= 15 is 0 Å². The minimum Gasteiger partial charge on any atom is -0.490 e. The van der Waals surface area contributed by atoms with Crippen LogP contribution < -0.4 is 14.4 Å². The molecule has 1 aromatic heterocycles. The number of nitrogens with one attached hydrogen (secondary N) is 1. The van der Waals surface area contributed by atoms with Gasteiger partial charge in [0.25, 0.3) is 5.91 Å². The largest absolute Gasteiger partial charge is 0.490 e. The molecular formula is C38H45ClN4O5S. The van der Waals surface area contributed by atoms with Crippen LogP contribution >= 0.6 is 11.6 Å². The molecule has 11 heteroatoms. The van der Waals surface area contributed by atoms with Crippen LogP contribution in [0.4, 0.5) is 5.69 Å². The highest BCUT2D eigenvalue weighted by Crippen LogP contribution is 2.49. The zero-order chi connectivity index (χ0) is 34.6. The number of rotatable bonds is 2. The molecule has 2 aliphatic heterocycles. The number of hydrogen-bond donors (Lipinski definition) is 2. The quantitative estimate of drug-likeness (QED) is 0.314. The maximum absolute atomic E-state index is 13.5. The number of aliphatic hydroxyl groups is 1. The Labute approximate surface area is 294 Å². The Bertz CT molecular complexity index is 1900. The molecule has 2 N–H and O–H groups in total. The summed E-state index contributed by atoms with van der Waals surface area (Å²) < 4.78 is 35.9. The Morgan fingerprint density at radius 3 is 2.71 bits per heavy atom. The zero-order valence-electron chi connectivity index (χ0n) is 28.4. The van der Waals surface area contributed by atoms with E-state index in [1.54, 1.807) is 37.5 Å². The lowest BCUT2D eigenvalue weighted by Gasteiger charge is -2.49. The minimum atomic E-state index is -4.00. The molecule has 2 aromatic carbocycles. The Kier molecular flexibility index (Phi) is 9.03. The molecule has 1 amide bonds. The van der Waals surface area contributed by atoms with E-state index in [0.29, 0.717) is 38.3 Å². The van der Waals surface area contributed by atoms with Crippen molar-refractivity contribution in [3.8, 4) is 5.75 Å². The highest BCUT2D eigenvalue weighted by molar-refractivity contribution is 7.90. The number of hydrogen-bond acceptors (Lipinski definition) is 8. The molecule has 0 saturated heterocycles. The van der Waals surface area contributed by atoms with Crippen LogP contribution in [0.3, 0.4) is 0 Å². The number of fused-ring (bicyclic) bond motifs is 4. The molecule has 1 spiro atoms. The number of carbonyl (C=O) groups is 1. The van der Waals surface area contributed by atoms with Crippen molar-refractivity contribution in [2.75, 3.05) is 24.6 Å². The first kappa shape index (κ1) is 34.0. The normalized spacial score (nSPS) is 31.7. The number of halogens is 1. The van der Waals surface area contributed by atoms with Crippen LogP contribution in [-0.2, 0) is 28.3 Å². The van der Waals surface area contributed by atoms with Crippen molar-refractivity contribution in [1.29, 1.82) is 0 Å². The van der Waals surface area contributed by atoms with Gasteiger partial charge in [0, 0.05) is 47.9 Å². The summed E-state index contributed by atoms with van der Waals surface area (Å²) in [4.78, 5) is 24.9. The van der Waals surface area contributed by atoms with Crippen molar-refractivity contribution in [2.24, 2.45) is 17.8 Å². The zero-order valence-corrected chi connectivity index (χ0v) is 29.9. The lowest BCUT2D eigenvalue weighted by atomic mass is 9.62. The van der Waals surface area contributed by atoms with Crippen LogP contribution in [0, 0.1) is 24.7 Å². The molecule has 2 bridgehead atoms. The predicted octanol–water partition coefficient (Wildman–Crippen LogP) is 5.96. The van der Waals surface area contributed by atoms with Crippen LogP contribution in [-0.4, -0.2) is 59.9 Å². The van der Waals surface area contributed by atoms with Gasteiger partial charge in [-0.25, -0.2) is 13.1 Å². The maximum Gasteiger partial charge on any atom is 0.264 e. The number of amides is 1. The summed E-state index contributed by atoms with van der Waals surface area (Å²) >= 11 is 6.45. The maximum atomic E-state index is 13.5. The lowest BCUT2D eigenvalue weighted by Crippen LogP contribution is -2.53. The smallest absolute Gasteiger partial charge is 0.264 e. The minimum absolute atomic E-state index is 0.0676. The molecule has 6 atom stereocenters. The number of allylic oxidation sites excluding steroid dienone is 1. The molecule has 2 aliphatic carbocycles. The van der Waals surface area contributed by atoms with Crippen LogP contribution in [0.2, 0.25) is 5.02 Å². The van der Waals surface area contributed by atoms with Gasteiger partial charge < -0.3 is 14.7 Å². The molecule has 7 rings (SSSR count). The van der Waals surface area contributed by atoms with E-state index in [1.807, 2.05) is 32.1 Å². The molecular weight excluding hydrogens is 660 g/mol. The molecule has 1 saturated carbocycles. The van der Waals surface area contributed by atoms with Crippen LogP contribution in [0.1, 0.15) is 78.8 Å². The van der Waals surface area contributed by atoms with E-state index in [1.165, 1.54) is 11.1 Å². The third-order valence-electron chi connectivity index (χ3n) is 11.7. The van der Waals surface area contributed by atoms with Crippen molar-refractivity contribution < 1.29 is 23.1 Å². The average Bonchev–Trinajstić information content (AvgIpc) is 3.19. The van der Waals surface area contributed by atoms with Crippen LogP contribution in [0.5, 0.6) is 5.75 Å². The Morgan fingerprint density at radius 2 is 1.94 bits per heavy atom. The molecule has 260 valence electrons. The number of ether oxygens (including phenoxy) is 1. The monoisotopic (exact) mass is 704 g/mol. The average molecular weight is 705 g/mol. The molecule has 0 radical (unpaired) electrons. The van der Waals surface area contributed by atoms with E-state index in [0.717, 1.165) is 54.2 Å². The summed E-state index contributed by atoms with van der Waals surface area (Å²) in [6, 6.07) is 11.4. The fourth-order valence-electron chi connectivity index (χ4n) is 8.44. The van der Waals surface area contributed by atoms with Gasteiger partial charge in [-0.15, -0.1) is 0 Å². The van der Waals surface area contributed by atoms with Gasteiger partial charge in [0.15, 0.2) is 0 Å². The van der Waals surface area contributed by atoms with E-state index < -0.39 is 26.8 Å². The molecule has 3 aromatic rings. The second kappa shape index (κ2) is 13.0. The number of nitrogens with zero attached hydrogens (tertiary/aromatic N) is 3. The van der Waals surface area contributed by atoms with Gasteiger partial charge >= 0.3 is 0 Å². The van der Waals surface area contributed by atoms with Crippen molar-refractivity contribution >= 4 is 33.2 Å². The summed E-state index contributed by atoms with van der Waals surface area (Å²) in [5, 5.41) is 12.4. The molecule has 4 aliphatic rings. The Morgan fingerprint density at radius 1 is 1.12 bits per heavy atom. The summed E-state index contributed by atoms with van der Waals surface area (Å²) in [6.45, 7) is 7.13. The second-order valence-electron chi connectivity index (χ2n) is 14.8. The number of anilines is 1. The molecule has 9 nitrogen and oxygen atoms in total. The van der Waals surface area contributed by atoms with E-state index in [2.05, 4.69) is 31.7 Å². The van der Waals surface area contributed by atoms with Gasteiger partial charge in [0.1, 0.15) is 5.75 Å². The number of sulfonamides is 1. The number of aromatic nitrogens is 2. The Balaban J connectivity index is 1.33. The van der Waals surface area contributed by atoms with Crippen molar-refractivity contribution in [3.05, 3.63) is 94.0 Å². The summed E-state index contributed by atoms with van der Waals surface area (Å²) in [6.07, 6.45) is 12.5. The summed E-state index contributed by atoms with van der Waals surface area (Å²) in [7, 11) is -4.00. The van der Waals surface area contributed by atoms with E-state index in [-0.39, 0.29) is 28.7 Å². The van der Waals surface area contributed by atoms with E-state index in [9.17, 15) is 18.3 Å². The SMILES string of the molecule is Cc1nccnc1C[C@@]1(O)/C=C/C[C@H](C)[C@@H](C)S(=O)(=O)NC(=O)c2ccc3c(c2)N(C[C@@H]2CC[C@H]21)C[C@@]1(CCCc2cc(Cl)ccc21)CO3. The number of benzene rings is 2. The van der Waals surface area contributed by atoms with E-state index in [4.69, 9.17) is 16.3 Å². The third kappa shape index (κ3) is 6.48. The fourth-order valence-corrected chi connectivity index (χ4v) is 9.92. The molecule has 3 heterocycles. The highest BCUT2D eigenvalue weighted by Gasteiger charge is 2.48. The topological polar surface area (TPSA) is 122 Å². The lowest BCUT2D eigenvalue weighted by molar-refractivity contribution is -0.0454. The van der Waals surface area contributed by atoms with Gasteiger partial charge in [-0.1, -0.05) is 36.7 Å². The summed E-state index contributed by atoms with van der Waals surface area (Å²) in [5.74, 6) is -0.237. The standard InChI is InChI=1S/C38H45ClN4O5S/c1-24-6-4-15-38(45,20-33-25(2)40-16-17-41-33)32-11-8-29(32)21-43-22-37(14-5-7-27-18-30(39)10-12-31(27)37)23-48-35-13-9-28(19-34(35)43)36(44)42-49(46,47)26(24)3/h4,9-10,12-13,15-19,24,26,29,32,45H,5-8,11,14,20-23H2,1-3H3,(H,42,44)/b15-4+/t24-,26+,29-,32+,37-,38-/m0/s1. The third-order valence-corrected chi connectivity index (χ3v) is 13.8. The first-order valence-electron chi connectivity index (χ1n) is 17.4. The number of aryl methyl sites for hydroxylation is 2. The van der Waals surface area contributed by atoms with Gasteiger partial charge in [0.05, 0.1) is 34.5 Å². The van der Waals surface area contributed by atoms with Crippen molar-refractivity contribution in [2.45, 2.75) is 82.0 Å². The molecule has 1 fully saturated rings. The molecule has 0 unspecified atom stereocenters.